The van der Waals surface area contributed by atoms with E-state index in [4.69, 9.17) is 11.6 Å². The first-order chi connectivity index (χ1) is 12.1. The average molecular weight is 361 g/mol. The van der Waals surface area contributed by atoms with Crippen molar-refractivity contribution >= 4 is 29.1 Å². The summed E-state index contributed by atoms with van der Waals surface area (Å²) in [4.78, 5) is 22.5. The molecule has 0 atom stereocenters. The summed E-state index contributed by atoms with van der Waals surface area (Å²) in [6.07, 6.45) is 0.828. The number of urea groups is 1. The summed E-state index contributed by atoms with van der Waals surface area (Å²) in [6, 6.07) is 10.5. The second-order valence-corrected chi connectivity index (χ2v) is 6.69. The number of carbonyl (C=O) groups excluding carboxylic acids is 1. The minimum Gasteiger partial charge on any atom is -0.353 e. The molecule has 25 heavy (non-hydrogen) atoms. The maximum atomic E-state index is 13.3. The fraction of sp³-hybridized carbons (Fsp3) is 0.333. The van der Waals surface area contributed by atoms with Crippen LogP contribution in [0.25, 0.3) is 0 Å². The molecule has 7 heteroatoms. The third kappa shape index (κ3) is 3.14. The highest BCUT2D eigenvalue weighted by Crippen LogP contribution is 2.31. The molecule has 2 amide bonds. The Morgan fingerprint density at radius 2 is 1.88 bits per heavy atom. The molecular weight excluding hydrogens is 343 g/mol. The Kier molecular flexibility index (Phi) is 4.21. The molecule has 2 aliphatic rings. The molecule has 0 unspecified atom stereocenters. The molecule has 0 N–H and O–H groups in total. The zero-order valence-corrected chi connectivity index (χ0v) is 14.4. The summed E-state index contributed by atoms with van der Waals surface area (Å²) in [7, 11) is 0. The number of piperazine rings is 1. The molecule has 1 aromatic carbocycles. The van der Waals surface area contributed by atoms with Gasteiger partial charge in [0.1, 0.15) is 5.82 Å². The largest absolute Gasteiger partial charge is 0.353 e. The van der Waals surface area contributed by atoms with Crippen LogP contribution >= 0.6 is 11.6 Å². The lowest BCUT2D eigenvalue weighted by Gasteiger charge is -2.37. The van der Waals surface area contributed by atoms with Gasteiger partial charge in [-0.3, -0.25) is 4.90 Å². The highest BCUT2D eigenvalue weighted by Gasteiger charge is 2.30. The third-order valence-corrected chi connectivity index (χ3v) is 4.98. The van der Waals surface area contributed by atoms with Crippen molar-refractivity contribution in [2.75, 3.05) is 42.5 Å². The van der Waals surface area contributed by atoms with E-state index in [9.17, 15) is 9.18 Å². The summed E-state index contributed by atoms with van der Waals surface area (Å²) in [5.74, 6) is 0.136. The Bertz CT molecular complexity index is 807. The van der Waals surface area contributed by atoms with Crippen LogP contribution in [0.15, 0.2) is 36.4 Å². The second-order valence-electron chi connectivity index (χ2n) is 6.25. The van der Waals surface area contributed by atoms with E-state index in [1.807, 2.05) is 32.9 Å². The molecule has 1 fully saturated rings. The molecule has 5 nitrogen and oxygen atoms in total. The lowest BCUT2D eigenvalue weighted by molar-refractivity contribution is 0.201. The highest BCUT2D eigenvalue weighted by molar-refractivity contribution is 6.30. The van der Waals surface area contributed by atoms with Crippen molar-refractivity contribution in [2.24, 2.45) is 0 Å². The second kappa shape index (κ2) is 6.52. The molecule has 0 aliphatic carbocycles. The lowest BCUT2D eigenvalue weighted by atomic mass is 10.2. The van der Waals surface area contributed by atoms with Crippen LogP contribution in [0, 0.1) is 5.95 Å². The van der Waals surface area contributed by atoms with E-state index in [1.54, 1.807) is 12.1 Å². The van der Waals surface area contributed by atoms with Crippen molar-refractivity contribution < 1.29 is 9.18 Å². The predicted molar refractivity (Wildman–Crippen MR) is 95.9 cm³/mol. The van der Waals surface area contributed by atoms with E-state index < -0.39 is 5.95 Å². The average Bonchev–Trinajstić information content (AvgIpc) is 3.04. The van der Waals surface area contributed by atoms with Crippen LogP contribution in [-0.2, 0) is 6.42 Å². The fourth-order valence-corrected chi connectivity index (χ4v) is 3.63. The molecule has 1 aromatic heterocycles. The maximum absolute atomic E-state index is 13.3. The van der Waals surface area contributed by atoms with Gasteiger partial charge in [-0.15, -0.1) is 0 Å². The van der Waals surface area contributed by atoms with Gasteiger partial charge in [-0.1, -0.05) is 17.7 Å². The van der Waals surface area contributed by atoms with Crippen LogP contribution in [0.3, 0.4) is 0 Å². The van der Waals surface area contributed by atoms with E-state index >= 15 is 0 Å². The number of hydrogen-bond donors (Lipinski definition) is 0. The monoisotopic (exact) mass is 360 g/mol. The maximum Gasteiger partial charge on any atom is 0.324 e. The topological polar surface area (TPSA) is 39.7 Å². The van der Waals surface area contributed by atoms with E-state index in [0.717, 1.165) is 17.7 Å². The van der Waals surface area contributed by atoms with Crippen molar-refractivity contribution in [2.45, 2.75) is 6.42 Å². The molecule has 4 rings (SSSR count). The summed E-state index contributed by atoms with van der Waals surface area (Å²) in [6.45, 7) is 3.15. The van der Waals surface area contributed by atoms with Gasteiger partial charge in [-0.25, -0.2) is 9.78 Å². The summed E-state index contributed by atoms with van der Waals surface area (Å²) in [5.41, 5.74) is 2.06. The lowest BCUT2D eigenvalue weighted by Crippen LogP contribution is -2.53. The number of halogens is 2. The van der Waals surface area contributed by atoms with Gasteiger partial charge < -0.3 is 9.80 Å². The van der Waals surface area contributed by atoms with Crippen molar-refractivity contribution in [3.05, 3.63) is 52.9 Å². The van der Waals surface area contributed by atoms with Crippen LogP contribution in [0.2, 0.25) is 5.02 Å². The van der Waals surface area contributed by atoms with Crippen LogP contribution < -0.4 is 9.80 Å². The highest BCUT2D eigenvalue weighted by atomic mass is 35.5. The van der Waals surface area contributed by atoms with Gasteiger partial charge in [0.2, 0.25) is 5.95 Å². The quantitative estimate of drug-likeness (QED) is 0.733. The molecule has 2 aliphatic heterocycles. The zero-order chi connectivity index (χ0) is 17.4. The Morgan fingerprint density at radius 1 is 1.08 bits per heavy atom. The Labute approximate surface area is 150 Å². The van der Waals surface area contributed by atoms with Crippen LogP contribution in [0.1, 0.15) is 5.56 Å². The molecule has 0 saturated carbocycles. The van der Waals surface area contributed by atoms with E-state index in [-0.39, 0.29) is 6.03 Å². The number of amides is 2. The number of hydrogen-bond acceptors (Lipinski definition) is 3. The van der Waals surface area contributed by atoms with Gasteiger partial charge in [0.15, 0.2) is 0 Å². The van der Waals surface area contributed by atoms with E-state index in [1.165, 1.54) is 6.07 Å². The van der Waals surface area contributed by atoms with E-state index in [2.05, 4.69) is 4.98 Å². The third-order valence-electron chi connectivity index (χ3n) is 4.74. The Morgan fingerprint density at radius 3 is 2.64 bits per heavy atom. The first-order valence-corrected chi connectivity index (χ1v) is 8.72. The summed E-state index contributed by atoms with van der Waals surface area (Å²) < 4.78 is 13.3. The van der Waals surface area contributed by atoms with Crippen LogP contribution in [0.4, 0.5) is 20.7 Å². The molecule has 0 bridgehead atoms. The first kappa shape index (κ1) is 16.1. The van der Waals surface area contributed by atoms with Gasteiger partial charge in [0.05, 0.1) is 0 Å². The molecule has 0 radical (unpaired) electrons. The molecule has 130 valence electrons. The number of anilines is 2. The van der Waals surface area contributed by atoms with Crippen molar-refractivity contribution in [3.8, 4) is 0 Å². The van der Waals surface area contributed by atoms with Gasteiger partial charge in [-0.2, -0.15) is 4.39 Å². The van der Waals surface area contributed by atoms with Crippen molar-refractivity contribution in [3.63, 3.8) is 0 Å². The molecule has 3 heterocycles. The van der Waals surface area contributed by atoms with E-state index in [0.29, 0.717) is 43.6 Å². The minimum absolute atomic E-state index is 0.0212. The van der Waals surface area contributed by atoms with Gasteiger partial charge in [-0.05, 0) is 42.3 Å². The number of nitrogens with zero attached hydrogens (tertiary/aromatic N) is 4. The summed E-state index contributed by atoms with van der Waals surface area (Å²) in [5, 5.41) is 0.698. The number of fused-ring (bicyclic) bond motifs is 1. The molecule has 1 saturated heterocycles. The number of benzene rings is 1. The smallest absolute Gasteiger partial charge is 0.324 e. The minimum atomic E-state index is -0.483. The van der Waals surface area contributed by atoms with Crippen molar-refractivity contribution in [1.82, 2.24) is 9.88 Å². The summed E-state index contributed by atoms with van der Waals surface area (Å²) >= 11 is 6.03. The number of rotatable bonds is 1. The standard InChI is InChI=1S/C18H18ClFN4O/c19-14-4-5-15-13(12-14)6-7-24(15)18(25)23-10-8-22(9-11-23)17-3-1-2-16(20)21-17/h1-5,12H,6-11H2. The number of aromatic nitrogens is 1. The zero-order valence-electron chi connectivity index (χ0n) is 13.7. The Hall–Kier alpha value is -2.34. The van der Waals surface area contributed by atoms with Gasteiger partial charge >= 0.3 is 6.03 Å². The van der Waals surface area contributed by atoms with Gasteiger partial charge in [0.25, 0.3) is 0 Å². The Balaban J connectivity index is 1.43. The SMILES string of the molecule is O=C(N1CCN(c2cccc(F)n2)CC1)N1CCc2cc(Cl)ccc21. The molecule has 2 aromatic rings. The number of pyridine rings is 1. The number of carbonyl (C=O) groups is 1. The fourth-order valence-electron chi connectivity index (χ4n) is 3.44. The van der Waals surface area contributed by atoms with Crippen LogP contribution in [-0.4, -0.2) is 48.6 Å². The first-order valence-electron chi connectivity index (χ1n) is 8.34. The molecule has 0 spiro atoms. The van der Waals surface area contributed by atoms with Gasteiger partial charge in [0, 0.05) is 43.4 Å². The predicted octanol–water partition coefficient (Wildman–Crippen LogP) is 3.18. The normalized spacial score (nSPS) is 17.0. The molecular formula is C18H18ClFN4O. The van der Waals surface area contributed by atoms with Crippen molar-refractivity contribution in [1.29, 1.82) is 0 Å². The van der Waals surface area contributed by atoms with Crippen LogP contribution in [0.5, 0.6) is 0 Å².